The van der Waals surface area contributed by atoms with Gasteiger partial charge in [-0.25, -0.2) is 4.21 Å². The minimum Gasteiger partial charge on any atom is -0.242 e. The molecule has 9 heavy (non-hydrogen) atoms. The van der Waals surface area contributed by atoms with Crippen LogP contribution >= 0.6 is 14.8 Å². The molecule has 0 N–H and O–H groups in total. The predicted octanol–water partition coefficient (Wildman–Crippen LogP) is 2.10. The van der Waals surface area contributed by atoms with Crippen molar-refractivity contribution in [2.75, 3.05) is 0 Å². The van der Waals surface area contributed by atoms with Crippen molar-refractivity contribution in [1.29, 1.82) is 0 Å². The summed E-state index contributed by atoms with van der Waals surface area (Å²) in [6, 6.07) is 9.22. The Morgan fingerprint density at radius 3 is 2.11 bits per heavy atom. The van der Waals surface area contributed by atoms with E-state index in [4.69, 9.17) is 0 Å². The van der Waals surface area contributed by atoms with Crippen LogP contribution in [0.15, 0.2) is 35.2 Å². The average Bonchev–Trinajstić information content (AvgIpc) is 1.90. The minimum absolute atomic E-state index is 0.803. The fraction of sp³-hybridized carbons (Fsp3) is 0. The normalized spacial score (nSPS) is 13.0. The summed E-state index contributed by atoms with van der Waals surface area (Å²) in [6.45, 7) is 0. The van der Waals surface area contributed by atoms with Crippen molar-refractivity contribution in [2.45, 2.75) is 4.90 Å². The van der Waals surface area contributed by atoms with E-state index < -0.39 is 9.23 Å². The molecular weight excluding hydrogens is 200 g/mol. The fourth-order valence-corrected chi connectivity index (χ4v) is 1.55. The Hall–Kier alpha value is -0.150. The van der Waals surface area contributed by atoms with Crippen LogP contribution in [0.5, 0.6) is 0 Å². The summed E-state index contributed by atoms with van der Waals surface area (Å²) in [5.41, 5.74) is 0. The Morgan fingerprint density at radius 1 is 1.22 bits per heavy atom. The predicted molar refractivity (Wildman–Crippen MR) is 41.8 cm³/mol. The number of rotatable bonds is 1. The van der Waals surface area contributed by atoms with Gasteiger partial charge in [0.15, 0.2) is 0 Å². The van der Waals surface area contributed by atoms with E-state index in [9.17, 15) is 4.21 Å². The zero-order chi connectivity index (χ0) is 6.69. The van der Waals surface area contributed by atoms with E-state index in [0.717, 1.165) is 4.90 Å². The van der Waals surface area contributed by atoms with Gasteiger partial charge in [-0.2, -0.15) is 0 Å². The van der Waals surface area contributed by atoms with Gasteiger partial charge in [0.2, 0.25) is 0 Å². The van der Waals surface area contributed by atoms with Crippen molar-refractivity contribution in [2.24, 2.45) is 0 Å². The molecule has 1 nitrogen and oxygen atoms in total. The molecule has 0 saturated heterocycles. The standard InChI is InChI=1S/C6H5BrOS/c7-9(8)6-4-2-1-3-5-6/h1-5H. The molecule has 1 atom stereocenters. The van der Waals surface area contributed by atoms with Gasteiger partial charge in [0.1, 0.15) is 9.23 Å². The minimum atomic E-state index is -1.02. The van der Waals surface area contributed by atoms with Crippen molar-refractivity contribution in [3.05, 3.63) is 30.3 Å². The number of hydrogen-bond donors (Lipinski definition) is 0. The first-order chi connectivity index (χ1) is 4.30. The quantitative estimate of drug-likeness (QED) is 0.641. The third kappa shape index (κ3) is 1.91. The van der Waals surface area contributed by atoms with E-state index in [1.807, 2.05) is 30.3 Å². The Bertz CT molecular complexity index is 210. The fourth-order valence-electron chi connectivity index (χ4n) is 0.527. The molecule has 0 heterocycles. The molecule has 1 unspecified atom stereocenters. The summed E-state index contributed by atoms with van der Waals surface area (Å²) in [4.78, 5) is 0.803. The van der Waals surface area contributed by atoms with Crippen molar-refractivity contribution in [3.8, 4) is 0 Å². The molecule has 0 amide bonds. The molecule has 1 aromatic rings. The monoisotopic (exact) mass is 204 g/mol. The second-order valence-corrected chi connectivity index (χ2v) is 4.22. The first kappa shape index (κ1) is 6.96. The zero-order valence-corrected chi connectivity index (χ0v) is 6.98. The second kappa shape index (κ2) is 3.13. The molecule has 1 rings (SSSR count). The molecule has 48 valence electrons. The summed E-state index contributed by atoms with van der Waals surface area (Å²) in [5, 5.41) is 0. The van der Waals surface area contributed by atoms with Crippen LogP contribution in [-0.2, 0) is 9.23 Å². The van der Waals surface area contributed by atoms with Crippen LogP contribution in [0.25, 0.3) is 0 Å². The molecule has 0 bridgehead atoms. The molecule has 0 saturated carbocycles. The Morgan fingerprint density at radius 2 is 1.78 bits per heavy atom. The van der Waals surface area contributed by atoms with Gasteiger partial charge >= 0.3 is 0 Å². The Kier molecular flexibility index (Phi) is 2.42. The first-order valence-electron chi connectivity index (χ1n) is 2.44. The molecule has 0 aromatic heterocycles. The van der Waals surface area contributed by atoms with Crippen LogP contribution in [0, 0.1) is 0 Å². The van der Waals surface area contributed by atoms with Gasteiger partial charge in [-0.05, 0) is 12.1 Å². The van der Waals surface area contributed by atoms with Crippen molar-refractivity contribution in [1.82, 2.24) is 0 Å². The molecule has 0 aliphatic rings. The van der Waals surface area contributed by atoms with Crippen molar-refractivity contribution >= 4 is 24.0 Å². The molecule has 0 aliphatic carbocycles. The van der Waals surface area contributed by atoms with Gasteiger partial charge in [0.05, 0.1) is 4.90 Å². The SMILES string of the molecule is O=S(Br)c1ccccc1. The number of halogens is 1. The largest absolute Gasteiger partial charge is 0.242 e. The highest BCUT2D eigenvalue weighted by atomic mass is 79.9. The lowest BCUT2D eigenvalue weighted by Crippen LogP contribution is -1.76. The lowest BCUT2D eigenvalue weighted by Gasteiger charge is -1.88. The second-order valence-electron chi connectivity index (χ2n) is 1.54. The third-order valence-corrected chi connectivity index (χ3v) is 2.69. The number of hydrogen-bond acceptors (Lipinski definition) is 1. The number of benzene rings is 1. The van der Waals surface area contributed by atoms with Gasteiger partial charge in [-0.3, -0.25) is 0 Å². The van der Waals surface area contributed by atoms with E-state index in [-0.39, 0.29) is 0 Å². The maximum atomic E-state index is 10.7. The lowest BCUT2D eigenvalue weighted by atomic mass is 10.4. The summed E-state index contributed by atoms with van der Waals surface area (Å²) >= 11 is 2.95. The molecular formula is C6H5BrOS. The maximum Gasteiger partial charge on any atom is 0.122 e. The van der Waals surface area contributed by atoms with Gasteiger partial charge in [0, 0.05) is 14.8 Å². The smallest absolute Gasteiger partial charge is 0.122 e. The van der Waals surface area contributed by atoms with E-state index in [2.05, 4.69) is 14.8 Å². The van der Waals surface area contributed by atoms with E-state index in [1.54, 1.807) is 0 Å². The molecule has 3 heteroatoms. The highest BCUT2D eigenvalue weighted by Gasteiger charge is 1.93. The van der Waals surface area contributed by atoms with Gasteiger partial charge < -0.3 is 0 Å². The van der Waals surface area contributed by atoms with Crippen molar-refractivity contribution in [3.63, 3.8) is 0 Å². The van der Waals surface area contributed by atoms with Crippen molar-refractivity contribution < 1.29 is 4.21 Å². The average molecular weight is 205 g/mol. The zero-order valence-electron chi connectivity index (χ0n) is 4.58. The lowest BCUT2D eigenvalue weighted by molar-refractivity contribution is 0.692. The first-order valence-corrected chi connectivity index (χ1v) is 5.43. The topological polar surface area (TPSA) is 17.1 Å². The van der Waals surface area contributed by atoms with Gasteiger partial charge in [0.25, 0.3) is 0 Å². The molecule has 0 fully saturated rings. The van der Waals surface area contributed by atoms with E-state index in [0.29, 0.717) is 0 Å². The van der Waals surface area contributed by atoms with E-state index >= 15 is 0 Å². The molecule has 0 spiro atoms. The van der Waals surface area contributed by atoms with Crippen LogP contribution in [0.1, 0.15) is 0 Å². The van der Waals surface area contributed by atoms with Gasteiger partial charge in [-0.15, -0.1) is 0 Å². The summed E-state index contributed by atoms with van der Waals surface area (Å²) in [7, 11) is -1.02. The van der Waals surface area contributed by atoms with E-state index in [1.165, 1.54) is 0 Å². The summed E-state index contributed by atoms with van der Waals surface area (Å²) in [6.07, 6.45) is 0. The van der Waals surface area contributed by atoms with Crippen LogP contribution in [0.4, 0.5) is 0 Å². The Balaban J connectivity index is 2.98. The highest BCUT2D eigenvalue weighted by molar-refractivity contribution is 9.46. The Labute approximate surface area is 63.7 Å². The summed E-state index contributed by atoms with van der Waals surface area (Å²) in [5.74, 6) is 0. The highest BCUT2D eigenvalue weighted by Crippen LogP contribution is 2.09. The summed E-state index contributed by atoms with van der Waals surface area (Å²) < 4.78 is 10.7. The van der Waals surface area contributed by atoms with Crippen LogP contribution in [-0.4, -0.2) is 4.21 Å². The molecule has 1 aromatic carbocycles. The third-order valence-electron chi connectivity index (χ3n) is 0.929. The molecule has 0 aliphatic heterocycles. The van der Waals surface area contributed by atoms with Crippen LogP contribution in [0.2, 0.25) is 0 Å². The maximum absolute atomic E-state index is 10.7. The molecule has 0 radical (unpaired) electrons. The van der Waals surface area contributed by atoms with Crippen LogP contribution in [0.3, 0.4) is 0 Å². The van der Waals surface area contributed by atoms with Crippen LogP contribution < -0.4 is 0 Å². The van der Waals surface area contributed by atoms with Gasteiger partial charge in [-0.1, -0.05) is 18.2 Å².